The van der Waals surface area contributed by atoms with Crippen molar-refractivity contribution >= 4 is 33.7 Å². The zero-order valence-electron chi connectivity index (χ0n) is 13.9. The van der Waals surface area contributed by atoms with Crippen LogP contribution in [0.1, 0.15) is 11.1 Å². The summed E-state index contributed by atoms with van der Waals surface area (Å²) in [4.78, 5) is 13.8. The minimum absolute atomic E-state index is 0.0839. The van der Waals surface area contributed by atoms with Crippen molar-refractivity contribution in [2.75, 3.05) is 25.6 Å². The van der Waals surface area contributed by atoms with Gasteiger partial charge in [0.1, 0.15) is 5.75 Å². The smallest absolute Gasteiger partial charge is 0.277 e. The van der Waals surface area contributed by atoms with Crippen molar-refractivity contribution in [3.63, 3.8) is 0 Å². The van der Waals surface area contributed by atoms with Gasteiger partial charge in [-0.2, -0.15) is 5.10 Å². The van der Waals surface area contributed by atoms with E-state index in [4.69, 9.17) is 4.74 Å². The van der Waals surface area contributed by atoms with Gasteiger partial charge in [0.25, 0.3) is 5.91 Å². The van der Waals surface area contributed by atoms with Crippen LogP contribution in [-0.4, -0.2) is 32.8 Å². The lowest BCUT2D eigenvalue weighted by molar-refractivity contribution is -0.123. The number of ether oxygens (including phenoxy) is 1. The van der Waals surface area contributed by atoms with Gasteiger partial charge >= 0.3 is 0 Å². The van der Waals surface area contributed by atoms with Gasteiger partial charge in [-0.05, 0) is 48.4 Å². The molecule has 0 aromatic heterocycles. The number of hydrogen-bond acceptors (Lipinski definition) is 4. The first-order valence-electron chi connectivity index (χ1n) is 7.44. The van der Waals surface area contributed by atoms with Crippen LogP contribution in [0.4, 0.5) is 5.69 Å². The molecule has 0 spiro atoms. The van der Waals surface area contributed by atoms with Crippen LogP contribution in [-0.2, 0) is 4.79 Å². The molecule has 2 rings (SSSR count). The Balaban J connectivity index is 1.82. The van der Waals surface area contributed by atoms with Crippen LogP contribution in [0.5, 0.6) is 5.75 Å². The zero-order chi connectivity index (χ0) is 17.5. The molecule has 0 aliphatic heterocycles. The Bertz CT molecular complexity index is 728. The highest BCUT2D eigenvalue weighted by atomic mass is 79.9. The van der Waals surface area contributed by atoms with Gasteiger partial charge in [0, 0.05) is 24.3 Å². The number of carbonyl (C=O) groups excluding carboxylic acids is 1. The number of hydrazone groups is 1. The number of benzene rings is 2. The SMILES string of the molecule is Cc1cc(Br)ccc1OCC(=O)NN=Cc1ccc(N(C)C)cc1. The number of hydrogen-bond donors (Lipinski definition) is 1. The predicted molar refractivity (Wildman–Crippen MR) is 101 cm³/mol. The van der Waals surface area contributed by atoms with E-state index >= 15 is 0 Å². The van der Waals surface area contributed by atoms with Gasteiger partial charge in [0.15, 0.2) is 6.61 Å². The molecular weight excluding hydrogens is 370 g/mol. The molecule has 126 valence electrons. The zero-order valence-corrected chi connectivity index (χ0v) is 15.5. The Morgan fingerprint density at radius 2 is 1.96 bits per heavy atom. The number of aryl methyl sites for hydroxylation is 1. The van der Waals surface area contributed by atoms with E-state index in [2.05, 4.69) is 26.5 Å². The van der Waals surface area contributed by atoms with Crippen LogP contribution in [0.15, 0.2) is 52.0 Å². The maximum absolute atomic E-state index is 11.8. The molecule has 0 bridgehead atoms. The highest BCUT2D eigenvalue weighted by Gasteiger charge is 2.04. The van der Waals surface area contributed by atoms with Crippen molar-refractivity contribution in [3.05, 3.63) is 58.1 Å². The number of anilines is 1. The quantitative estimate of drug-likeness (QED) is 0.608. The van der Waals surface area contributed by atoms with E-state index < -0.39 is 0 Å². The fourth-order valence-corrected chi connectivity index (χ4v) is 2.46. The molecule has 2 aromatic rings. The van der Waals surface area contributed by atoms with Gasteiger partial charge in [0.05, 0.1) is 6.21 Å². The van der Waals surface area contributed by atoms with Crippen LogP contribution in [0, 0.1) is 6.92 Å². The molecule has 0 unspecified atom stereocenters. The average Bonchev–Trinajstić information content (AvgIpc) is 2.54. The normalized spacial score (nSPS) is 10.7. The van der Waals surface area contributed by atoms with Gasteiger partial charge < -0.3 is 9.64 Å². The largest absolute Gasteiger partial charge is 0.483 e. The summed E-state index contributed by atoms with van der Waals surface area (Å²) in [7, 11) is 3.97. The van der Waals surface area contributed by atoms with Crippen molar-refractivity contribution < 1.29 is 9.53 Å². The number of nitrogens with one attached hydrogen (secondary N) is 1. The molecule has 2 aromatic carbocycles. The molecule has 0 atom stereocenters. The van der Waals surface area contributed by atoms with Crippen molar-refractivity contribution in [1.82, 2.24) is 5.43 Å². The van der Waals surface area contributed by atoms with Crippen molar-refractivity contribution in [2.24, 2.45) is 5.10 Å². The molecule has 24 heavy (non-hydrogen) atoms. The summed E-state index contributed by atoms with van der Waals surface area (Å²) in [6, 6.07) is 13.5. The molecular formula is C18H20BrN3O2. The summed E-state index contributed by atoms with van der Waals surface area (Å²) in [5.41, 5.74) is 5.43. The number of halogens is 1. The minimum atomic E-state index is -0.307. The molecule has 5 nitrogen and oxygen atoms in total. The Morgan fingerprint density at radius 1 is 1.25 bits per heavy atom. The fraction of sp³-hybridized carbons (Fsp3) is 0.222. The number of carbonyl (C=O) groups is 1. The first-order chi connectivity index (χ1) is 11.5. The molecule has 0 saturated heterocycles. The summed E-state index contributed by atoms with van der Waals surface area (Å²) >= 11 is 3.39. The number of nitrogens with zero attached hydrogens (tertiary/aromatic N) is 2. The minimum Gasteiger partial charge on any atom is -0.483 e. The van der Waals surface area contributed by atoms with E-state index in [0.29, 0.717) is 5.75 Å². The molecule has 6 heteroatoms. The Kier molecular flexibility index (Phi) is 6.37. The van der Waals surface area contributed by atoms with Gasteiger partial charge in [-0.25, -0.2) is 5.43 Å². The Labute approximate surface area is 150 Å². The second-order valence-electron chi connectivity index (χ2n) is 5.48. The van der Waals surface area contributed by atoms with E-state index in [1.54, 1.807) is 6.21 Å². The summed E-state index contributed by atoms with van der Waals surface area (Å²) in [6.07, 6.45) is 1.60. The van der Waals surface area contributed by atoms with Crippen molar-refractivity contribution in [1.29, 1.82) is 0 Å². The predicted octanol–water partition coefficient (Wildman–Crippen LogP) is 3.35. The van der Waals surface area contributed by atoms with Crippen LogP contribution in [0.3, 0.4) is 0 Å². The van der Waals surface area contributed by atoms with Crippen molar-refractivity contribution in [3.8, 4) is 5.75 Å². The van der Waals surface area contributed by atoms with E-state index in [0.717, 1.165) is 21.3 Å². The lowest BCUT2D eigenvalue weighted by atomic mass is 10.2. The lowest BCUT2D eigenvalue weighted by Crippen LogP contribution is -2.24. The highest BCUT2D eigenvalue weighted by molar-refractivity contribution is 9.10. The first-order valence-corrected chi connectivity index (χ1v) is 8.23. The Hall–Kier alpha value is -2.34. The molecule has 0 aliphatic rings. The molecule has 1 amide bonds. The third-order valence-corrected chi connectivity index (χ3v) is 3.80. The molecule has 1 N–H and O–H groups in total. The van der Waals surface area contributed by atoms with Crippen LogP contribution >= 0.6 is 15.9 Å². The fourth-order valence-electron chi connectivity index (χ4n) is 1.99. The van der Waals surface area contributed by atoms with Gasteiger partial charge in [-0.15, -0.1) is 0 Å². The van der Waals surface area contributed by atoms with E-state index in [1.165, 1.54) is 0 Å². The summed E-state index contributed by atoms with van der Waals surface area (Å²) in [5.74, 6) is 0.370. The number of rotatable bonds is 6. The third-order valence-electron chi connectivity index (χ3n) is 3.31. The van der Waals surface area contributed by atoms with E-state index in [-0.39, 0.29) is 12.5 Å². The topological polar surface area (TPSA) is 53.9 Å². The maximum atomic E-state index is 11.8. The summed E-state index contributed by atoms with van der Waals surface area (Å²) in [5, 5.41) is 3.94. The molecule has 0 fully saturated rings. The standard InChI is InChI=1S/C18H20BrN3O2/c1-13-10-15(19)6-9-17(13)24-12-18(23)21-20-11-14-4-7-16(8-5-14)22(2)3/h4-11H,12H2,1-3H3,(H,21,23). The first kappa shape index (κ1) is 18.0. The molecule has 0 aliphatic carbocycles. The van der Waals surface area contributed by atoms with Crippen molar-refractivity contribution in [2.45, 2.75) is 6.92 Å². The second kappa shape index (κ2) is 8.49. The molecule has 0 heterocycles. The van der Waals surface area contributed by atoms with Gasteiger partial charge in [-0.1, -0.05) is 28.1 Å². The highest BCUT2D eigenvalue weighted by Crippen LogP contribution is 2.21. The summed E-state index contributed by atoms with van der Waals surface area (Å²) < 4.78 is 6.46. The molecule has 0 saturated carbocycles. The maximum Gasteiger partial charge on any atom is 0.277 e. The summed E-state index contributed by atoms with van der Waals surface area (Å²) in [6.45, 7) is 1.84. The van der Waals surface area contributed by atoms with Gasteiger partial charge in [0.2, 0.25) is 0 Å². The Morgan fingerprint density at radius 3 is 2.58 bits per heavy atom. The van der Waals surface area contributed by atoms with Crippen LogP contribution in [0.25, 0.3) is 0 Å². The van der Waals surface area contributed by atoms with Crippen LogP contribution in [0.2, 0.25) is 0 Å². The van der Waals surface area contributed by atoms with E-state index in [9.17, 15) is 4.79 Å². The van der Waals surface area contributed by atoms with Crippen LogP contribution < -0.4 is 15.1 Å². The van der Waals surface area contributed by atoms with E-state index in [1.807, 2.05) is 68.4 Å². The third kappa shape index (κ3) is 5.38. The monoisotopic (exact) mass is 389 g/mol. The van der Waals surface area contributed by atoms with Gasteiger partial charge in [-0.3, -0.25) is 4.79 Å². The lowest BCUT2D eigenvalue weighted by Gasteiger charge is -2.11. The number of amides is 1. The second-order valence-corrected chi connectivity index (χ2v) is 6.39. The molecule has 0 radical (unpaired) electrons. The average molecular weight is 390 g/mol.